The van der Waals surface area contributed by atoms with Gasteiger partial charge in [-0.15, -0.1) is 0 Å². The summed E-state index contributed by atoms with van der Waals surface area (Å²) in [6.07, 6.45) is 2.28. The maximum absolute atomic E-state index is 11.1. The summed E-state index contributed by atoms with van der Waals surface area (Å²) < 4.78 is 10.1. The first-order valence-corrected chi connectivity index (χ1v) is 4.35. The fourth-order valence-corrected chi connectivity index (χ4v) is 1.07. The van der Waals surface area contributed by atoms with Crippen molar-refractivity contribution in [1.82, 2.24) is 0 Å². The van der Waals surface area contributed by atoms with Gasteiger partial charge < -0.3 is 14.6 Å². The van der Waals surface area contributed by atoms with E-state index in [1.807, 2.05) is 0 Å². The minimum Gasteiger partial charge on any atom is -0.432 e. The molecule has 74 valence electrons. The van der Waals surface area contributed by atoms with E-state index < -0.39 is 12.3 Å². The van der Waals surface area contributed by atoms with E-state index >= 15 is 0 Å². The van der Waals surface area contributed by atoms with E-state index in [-0.39, 0.29) is 12.2 Å². The van der Waals surface area contributed by atoms with Crippen LogP contribution in [0.25, 0.3) is 0 Å². The van der Waals surface area contributed by atoms with Crippen LogP contribution >= 0.6 is 0 Å². The smallest absolute Gasteiger partial charge is 0.338 e. The summed E-state index contributed by atoms with van der Waals surface area (Å²) >= 11 is 0. The predicted octanol–water partition coefficient (Wildman–Crippen LogP) is 0.605. The molecular formula is C9H14O4. The molecule has 0 bridgehead atoms. The third-order valence-electron chi connectivity index (χ3n) is 1.86. The van der Waals surface area contributed by atoms with Crippen molar-refractivity contribution in [3.63, 3.8) is 0 Å². The molecule has 0 aliphatic carbocycles. The van der Waals surface area contributed by atoms with Crippen LogP contribution in [-0.2, 0) is 14.3 Å². The second-order valence-electron chi connectivity index (χ2n) is 2.96. The highest BCUT2D eigenvalue weighted by molar-refractivity contribution is 5.87. The Balaban J connectivity index is 2.30. The molecule has 1 heterocycles. The summed E-state index contributed by atoms with van der Waals surface area (Å²) in [5.41, 5.74) is 0.0640. The molecule has 0 aromatic rings. The number of hydrogen-bond acceptors (Lipinski definition) is 4. The fraction of sp³-hybridized carbons (Fsp3) is 0.667. The average molecular weight is 186 g/mol. The molecule has 1 atom stereocenters. The van der Waals surface area contributed by atoms with Gasteiger partial charge in [-0.05, 0) is 12.8 Å². The Morgan fingerprint density at radius 2 is 2.38 bits per heavy atom. The Kier molecular flexibility index (Phi) is 3.92. The summed E-state index contributed by atoms with van der Waals surface area (Å²) in [7, 11) is 0. The predicted molar refractivity (Wildman–Crippen MR) is 45.9 cm³/mol. The minimum atomic E-state index is -0.575. The van der Waals surface area contributed by atoms with Crippen molar-refractivity contribution < 1.29 is 19.4 Å². The van der Waals surface area contributed by atoms with Gasteiger partial charge in [-0.3, -0.25) is 0 Å². The lowest BCUT2D eigenvalue weighted by Gasteiger charge is -2.22. The monoisotopic (exact) mass is 186 g/mol. The summed E-state index contributed by atoms with van der Waals surface area (Å²) in [5.74, 6) is -0.575. The third kappa shape index (κ3) is 3.16. The van der Waals surface area contributed by atoms with Crippen LogP contribution in [0.1, 0.15) is 19.3 Å². The van der Waals surface area contributed by atoms with Crippen molar-refractivity contribution in [3.8, 4) is 0 Å². The second kappa shape index (κ2) is 4.99. The topological polar surface area (TPSA) is 55.8 Å². The van der Waals surface area contributed by atoms with Crippen molar-refractivity contribution >= 4 is 5.97 Å². The molecule has 0 amide bonds. The van der Waals surface area contributed by atoms with Crippen LogP contribution in [0.15, 0.2) is 12.2 Å². The minimum absolute atomic E-state index is 0.0640. The fourth-order valence-electron chi connectivity index (χ4n) is 1.07. The number of hydrogen-bond donors (Lipinski definition) is 1. The number of rotatable bonds is 3. The lowest BCUT2D eigenvalue weighted by atomic mass is 10.2. The maximum Gasteiger partial charge on any atom is 0.338 e. The quantitative estimate of drug-likeness (QED) is 0.518. The number of carbonyl (C=O) groups excluding carboxylic acids is 1. The van der Waals surface area contributed by atoms with Gasteiger partial charge in [0.15, 0.2) is 0 Å². The zero-order valence-corrected chi connectivity index (χ0v) is 7.49. The number of aliphatic hydroxyl groups is 1. The molecule has 1 unspecified atom stereocenters. The van der Waals surface area contributed by atoms with Crippen molar-refractivity contribution in [2.24, 2.45) is 0 Å². The zero-order valence-electron chi connectivity index (χ0n) is 7.49. The first kappa shape index (κ1) is 10.2. The molecule has 0 aromatic heterocycles. The molecular weight excluding hydrogens is 172 g/mol. The highest BCUT2D eigenvalue weighted by Crippen LogP contribution is 2.14. The van der Waals surface area contributed by atoms with Gasteiger partial charge in [0.2, 0.25) is 6.29 Å². The van der Waals surface area contributed by atoms with Crippen molar-refractivity contribution in [1.29, 1.82) is 0 Å². The highest BCUT2D eigenvalue weighted by atomic mass is 16.7. The number of carbonyl (C=O) groups is 1. The molecule has 0 saturated carbocycles. The molecule has 0 radical (unpaired) electrons. The van der Waals surface area contributed by atoms with Gasteiger partial charge >= 0.3 is 5.97 Å². The third-order valence-corrected chi connectivity index (χ3v) is 1.86. The summed E-state index contributed by atoms with van der Waals surface area (Å²) in [4.78, 5) is 11.1. The Labute approximate surface area is 77.1 Å². The molecule has 1 saturated heterocycles. The van der Waals surface area contributed by atoms with Crippen LogP contribution in [0.2, 0.25) is 0 Å². The zero-order chi connectivity index (χ0) is 9.68. The Hall–Kier alpha value is -0.870. The van der Waals surface area contributed by atoms with Crippen LogP contribution < -0.4 is 0 Å². The van der Waals surface area contributed by atoms with Gasteiger partial charge in [0.25, 0.3) is 0 Å². The van der Waals surface area contributed by atoms with Crippen molar-refractivity contribution in [2.75, 3.05) is 13.2 Å². The van der Waals surface area contributed by atoms with Crippen molar-refractivity contribution in [2.45, 2.75) is 25.6 Å². The summed E-state index contributed by atoms with van der Waals surface area (Å²) in [6.45, 7) is 3.62. The van der Waals surface area contributed by atoms with E-state index in [2.05, 4.69) is 6.58 Å². The first-order chi connectivity index (χ1) is 6.24. The summed E-state index contributed by atoms with van der Waals surface area (Å²) in [6, 6.07) is 0. The SMILES string of the molecule is C=C(CO)C(=O)OC1CCCCO1. The average Bonchev–Trinajstić information content (AvgIpc) is 2.18. The molecule has 1 fully saturated rings. The molecule has 1 N–H and O–H groups in total. The first-order valence-electron chi connectivity index (χ1n) is 4.35. The molecule has 13 heavy (non-hydrogen) atoms. The molecule has 1 aliphatic heterocycles. The van der Waals surface area contributed by atoms with Crippen LogP contribution in [0, 0.1) is 0 Å². The highest BCUT2D eigenvalue weighted by Gasteiger charge is 2.19. The second-order valence-corrected chi connectivity index (χ2v) is 2.96. The number of ether oxygens (including phenoxy) is 2. The molecule has 0 aromatic carbocycles. The molecule has 0 spiro atoms. The standard InChI is InChI=1S/C9H14O4/c1-7(6-10)9(11)13-8-4-2-3-5-12-8/h8,10H,1-6H2. The van der Waals surface area contributed by atoms with Crippen LogP contribution in [0.4, 0.5) is 0 Å². The molecule has 1 rings (SSSR count). The van der Waals surface area contributed by atoms with Gasteiger partial charge in [-0.25, -0.2) is 4.79 Å². The maximum atomic E-state index is 11.1. The number of esters is 1. The Morgan fingerprint density at radius 1 is 1.62 bits per heavy atom. The molecule has 4 nitrogen and oxygen atoms in total. The van der Waals surface area contributed by atoms with Gasteiger partial charge in [0.1, 0.15) is 0 Å². The summed E-state index contributed by atoms with van der Waals surface area (Å²) in [5, 5.41) is 8.59. The molecule has 4 heteroatoms. The Bertz CT molecular complexity index is 194. The van der Waals surface area contributed by atoms with E-state index in [9.17, 15) is 4.79 Å². The molecule has 1 aliphatic rings. The van der Waals surface area contributed by atoms with E-state index in [0.29, 0.717) is 6.61 Å². The lowest BCUT2D eigenvalue weighted by Crippen LogP contribution is -2.26. The van der Waals surface area contributed by atoms with E-state index in [4.69, 9.17) is 14.6 Å². The van der Waals surface area contributed by atoms with Crippen LogP contribution in [0.3, 0.4) is 0 Å². The van der Waals surface area contributed by atoms with Crippen LogP contribution in [0.5, 0.6) is 0 Å². The van der Waals surface area contributed by atoms with Gasteiger partial charge in [0.05, 0.1) is 18.8 Å². The number of aliphatic hydroxyl groups excluding tert-OH is 1. The normalized spacial score (nSPS) is 22.4. The van der Waals surface area contributed by atoms with Crippen LogP contribution in [-0.4, -0.2) is 30.6 Å². The van der Waals surface area contributed by atoms with E-state index in [1.54, 1.807) is 0 Å². The van der Waals surface area contributed by atoms with Gasteiger partial charge in [-0.1, -0.05) is 6.58 Å². The lowest BCUT2D eigenvalue weighted by molar-refractivity contribution is -0.182. The van der Waals surface area contributed by atoms with Gasteiger partial charge in [0, 0.05) is 6.42 Å². The largest absolute Gasteiger partial charge is 0.432 e. The Morgan fingerprint density at radius 3 is 2.92 bits per heavy atom. The van der Waals surface area contributed by atoms with E-state index in [0.717, 1.165) is 19.3 Å². The van der Waals surface area contributed by atoms with E-state index in [1.165, 1.54) is 0 Å². The van der Waals surface area contributed by atoms with Gasteiger partial charge in [-0.2, -0.15) is 0 Å². The van der Waals surface area contributed by atoms with Crippen molar-refractivity contribution in [3.05, 3.63) is 12.2 Å².